The molecule has 0 spiro atoms. The molecule has 0 bridgehead atoms. The number of ether oxygens (including phenoxy) is 3. The van der Waals surface area contributed by atoms with Gasteiger partial charge in [-0.25, -0.2) is 9.78 Å². The molecule has 2 aromatic carbocycles. The van der Waals surface area contributed by atoms with E-state index in [0.717, 1.165) is 36.3 Å². The Balaban J connectivity index is 1.06. The summed E-state index contributed by atoms with van der Waals surface area (Å²) in [6.07, 6.45) is 5.41. The van der Waals surface area contributed by atoms with Crippen LogP contribution >= 0.6 is 0 Å². The summed E-state index contributed by atoms with van der Waals surface area (Å²) >= 11 is 0. The number of aromatic nitrogens is 2. The molecular weight excluding hydrogens is 454 g/mol. The van der Waals surface area contributed by atoms with Gasteiger partial charge in [-0.05, 0) is 60.2 Å². The third-order valence-corrected chi connectivity index (χ3v) is 5.93. The van der Waals surface area contributed by atoms with Gasteiger partial charge in [0.15, 0.2) is 0 Å². The molecule has 0 aliphatic carbocycles. The molecule has 1 saturated heterocycles. The fourth-order valence-electron chi connectivity index (χ4n) is 4.02. The molecule has 1 aliphatic rings. The van der Waals surface area contributed by atoms with Crippen molar-refractivity contribution in [2.24, 2.45) is 0 Å². The molecular formula is C29H27N3O4. The van der Waals surface area contributed by atoms with Crippen molar-refractivity contribution < 1.29 is 19.0 Å². The number of hydrogen-bond acceptors (Lipinski definition) is 6. The van der Waals surface area contributed by atoms with E-state index in [-0.39, 0.29) is 12.2 Å². The minimum atomic E-state index is -0.332. The van der Waals surface area contributed by atoms with Crippen LogP contribution in [0.15, 0.2) is 97.3 Å². The van der Waals surface area contributed by atoms with Gasteiger partial charge < -0.3 is 19.1 Å². The average molecular weight is 482 g/mol. The third-order valence-electron chi connectivity index (χ3n) is 5.93. The van der Waals surface area contributed by atoms with Gasteiger partial charge in [-0.3, -0.25) is 4.98 Å². The van der Waals surface area contributed by atoms with Gasteiger partial charge in [0.25, 0.3) is 0 Å². The molecule has 1 amide bonds. The Labute approximate surface area is 210 Å². The number of likely N-dealkylation sites (tertiary alicyclic amines) is 1. The summed E-state index contributed by atoms with van der Waals surface area (Å²) in [5.41, 5.74) is 2.11. The van der Waals surface area contributed by atoms with Crippen LogP contribution in [0.4, 0.5) is 4.79 Å². The van der Waals surface area contributed by atoms with Crippen LogP contribution in [-0.4, -0.2) is 40.2 Å². The zero-order chi connectivity index (χ0) is 24.6. The number of carbonyl (C=O) groups excluding carboxylic acids is 1. The summed E-state index contributed by atoms with van der Waals surface area (Å²) < 4.78 is 17.4. The van der Waals surface area contributed by atoms with Crippen LogP contribution in [0.3, 0.4) is 0 Å². The molecule has 0 radical (unpaired) electrons. The van der Waals surface area contributed by atoms with Crippen molar-refractivity contribution in [1.82, 2.24) is 14.9 Å². The Hall–Kier alpha value is -4.39. The van der Waals surface area contributed by atoms with Crippen molar-refractivity contribution in [1.29, 1.82) is 0 Å². The standard InChI is InChI=1S/C29H27N3O4/c33-29(36-26-9-7-22(8-10-26)21-23-5-1-3-17-30-23)32-19-15-27(16-20-32)34-24-11-13-25(14-12-24)35-28-6-2-4-18-31-28/h1-14,17-18,27H,15-16,19-21H2. The van der Waals surface area contributed by atoms with E-state index < -0.39 is 0 Å². The minimum Gasteiger partial charge on any atom is -0.490 e. The first-order valence-electron chi connectivity index (χ1n) is 12.0. The molecule has 3 heterocycles. The SMILES string of the molecule is O=C(Oc1ccc(Cc2ccccn2)cc1)N1CCC(Oc2ccc(Oc3ccccn3)cc2)CC1. The smallest absolute Gasteiger partial charge is 0.415 e. The van der Waals surface area contributed by atoms with Crippen molar-refractivity contribution in [3.63, 3.8) is 0 Å². The van der Waals surface area contributed by atoms with E-state index in [1.165, 1.54) is 0 Å². The Bertz CT molecular complexity index is 1240. The summed E-state index contributed by atoms with van der Waals surface area (Å²) in [5.74, 6) is 2.56. The highest BCUT2D eigenvalue weighted by Crippen LogP contribution is 2.25. The number of nitrogens with zero attached hydrogens (tertiary/aromatic N) is 3. The molecule has 0 atom stereocenters. The first-order chi connectivity index (χ1) is 17.7. The summed E-state index contributed by atoms with van der Waals surface area (Å²) in [6, 6.07) is 26.5. The largest absolute Gasteiger partial charge is 0.490 e. The molecule has 1 fully saturated rings. The Morgan fingerprint density at radius 3 is 2.11 bits per heavy atom. The highest BCUT2D eigenvalue weighted by molar-refractivity contribution is 5.70. The Morgan fingerprint density at radius 2 is 1.44 bits per heavy atom. The van der Waals surface area contributed by atoms with E-state index in [4.69, 9.17) is 14.2 Å². The van der Waals surface area contributed by atoms with E-state index in [9.17, 15) is 4.79 Å². The predicted octanol–water partition coefficient (Wildman–Crippen LogP) is 5.90. The van der Waals surface area contributed by atoms with Crippen LogP contribution in [0.25, 0.3) is 0 Å². The number of carbonyl (C=O) groups is 1. The Morgan fingerprint density at radius 1 is 0.778 bits per heavy atom. The van der Waals surface area contributed by atoms with Crippen LogP contribution in [0.2, 0.25) is 0 Å². The summed E-state index contributed by atoms with van der Waals surface area (Å²) in [5, 5.41) is 0. The maximum absolute atomic E-state index is 12.6. The highest BCUT2D eigenvalue weighted by Gasteiger charge is 2.25. The first-order valence-corrected chi connectivity index (χ1v) is 12.0. The van der Waals surface area contributed by atoms with Crippen molar-refractivity contribution in [2.45, 2.75) is 25.4 Å². The maximum Gasteiger partial charge on any atom is 0.415 e. The van der Waals surface area contributed by atoms with Gasteiger partial charge in [-0.1, -0.05) is 24.3 Å². The molecule has 1 aliphatic heterocycles. The molecule has 0 saturated carbocycles. The van der Waals surface area contributed by atoms with Gasteiger partial charge >= 0.3 is 6.09 Å². The normalized spacial score (nSPS) is 13.7. The van der Waals surface area contributed by atoms with E-state index in [2.05, 4.69) is 9.97 Å². The van der Waals surface area contributed by atoms with Gasteiger partial charge in [-0.15, -0.1) is 0 Å². The van der Waals surface area contributed by atoms with Crippen molar-refractivity contribution >= 4 is 6.09 Å². The molecule has 0 N–H and O–H groups in total. The molecule has 182 valence electrons. The second-order valence-corrected chi connectivity index (χ2v) is 8.56. The molecule has 0 unspecified atom stereocenters. The number of piperidine rings is 1. The molecule has 7 nitrogen and oxygen atoms in total. The van der Waals surface area contributed by atoms with Gasteiger partial charge in [0.1, 0.15) is 23.4 Å². The Kier molecular flexibility index (Phi) is 7.37. The second kappa shape index (κ2) is 11.4. The van der Waals surface area contributed by atoms with Crippen molar-refractivity contribution in [2.75, 3.05) is 13.1 Å². The first kappa shape index (κ1) is 23.4. The molecule has 4 aromatic rings. The van der Waals surface area contributed by atoms with E-state index in [1.54, 1.807) is 17.3 Å². The molecule has 36 heavy (non-hydrogen) atoms. The highest BCUT2D eigenvalue weighted by atomic mass is 16.6. The quantitative estimate of drug-likeness (QED) is 0.327. The monoisotopic (exact) mass is 481 g/mol. The van der Waals surface area contributed by atoms with Crippen LogP contribution in [0.5, 0.6) is 23.1 Å². The number of hydrogen-bond donors (Lipinski definition) is 0. The van der Waals surface area contributed by atoms with Gasteiger partial charge in [0.2, 0.25) is 5.88 Å². The minimum absolute atomic E-state index is 0.0440. The third kappa shape index (κ3) is 6.39. The van der Waals surface area contributed by atoms with Crippen LogP contribution < -0.4 is 14.2 Å². The van der Waals surface area contributed by atoms with E-state index in [1.807, 2.05) is 84.9 Å². The van der Waals surface area contributed by atoms with Gasteiger partial charge in [-0.2, -0.15) is 0 Å². The second-order valence-electron chi connectivity index (χ2n) is 8.56. The lowest BCUT2D eigenvalue weighted by atomic mass is 10.1. The van der Waals surface area contributed by atoms with Gasteiger partial charge in [0.05, 0.1) is 0 Å². The average Bonchev–Trinajstić information content (AvgIpc) is 2.92. The summed E-state index contributed by atoms with van der Waals surface area (Å²) in [4.78, 5) is 22.9. The molecule has 7 heteroatoms. The fraction of sp³-hybridized carbons (Fsp3) is 0.207. The summed E-state index contributed by atoms with van der Waals surface area (Å²) in [6.45, 7) is 1.17. The number of amides is 1. The summed E-state index contributed by atoms with van der Waals surface area (Å²) in [7, 11) is 0. The molecule has 2 aromatic heterocycles. The maximum atomic E-state index is 12.6. The van der Waals surface area contributed by atoms with E-state index in [0.29, 0.717) is 30.5 Å². The van der Waals surface area contributed by atoms with Crippen LogP contribution in [-0.2, 0) is 6.42 Å². The lowest BCUT2D eigenvalue weighted by Gasteiger charge is -2.31. The fourth-order valence-corrected chi connectivity index (χ4v) is 4.02. The van der Waals surface area contributed by atoms with Crippen LogP contribution in [0, 0.1) is 0 Å². The predicted molar refractivity (Wildman–Crippen MR) is 135 cm³/mol. The van der Waals surface area contributed by atoms with Crippen LogP contribution in [0.1, 0.15) is 24.1 Å². The lowest BCUT2D eigenvalue weighted by molar-refractivity contribution is 0.0930. The van der Waals surface area contributed by atoms with Gasteiger partial charge in [0, 0.05) is 56.5 Å². The topological polar surface area (TPSA) is 73.8 Å². The van der Waals surface area contributed by atoms with Crippen molar-refractivity contribution in [3.05, 3.63) is 109 Å². The number of rotatable bonds is 7. The lowest BCUT2D eigenvalue weighted by Crippen LogP contribution is -2.43. The number of benzene rings is 2. The van der Waals surface area contributed by atoms with E-state index >= 15 is 0 Å². The zero-order valence-electron chi connectivity index (χ0n) is 19.8. The number of pyridine rings is 2. The molecule has 5 rings (SSSR count). The van der Waals surface area contributed by atoms with Crippen molar-refractivity contribution in [3.8, 4) is 23.1 Å². The zero-order valence-corrected chi connectivity index (χ0v) is 19.8.